The highest BCUT2D eigenvalue weighted by Gasteiger charge is 2.32. The van der Waals surface area contributed by atoms with Gasteiger partial charge in [-0.25, -0.2) is 0 Å². The smallest absolute Gasteiger partial charge is 0.144 e. The first-order valence-electron chi connectivity index (χ1n) is 5.41. The van der Waals surface area contributed by atoms with Gasteiger partial charge < -0.3 is 10.1 Å². The van der Waals surface area contributed by atoms with Gasteiger partial charge in [-0.15, -0.1) is 0 Å². The molecule has 15 heavy (non-hydrogen) atoms. The van der Waals surface area contributed by atoms with Crippen LogP contribution in [0.2, 0.25) is 0 Å². The maximum atomic E-state index is 6.13. The maximum absolute atomic E-state index is 6.13. The fraction of sp³-hybridized carbons (Fsp3) is 0.500. The minimum atomic E-state index is -0.0164. The van der Waals surface area contributed by atoms with Crippen molar-refractivity contribution >= 4 is 28.3 Å². The summed E-state index contributed by atoms with van der Waals surface area (Å²) in [4.78, 5) is 0. The van der Waals surface area contributed by atoms with Crippen LogP contribution in [-0.2, 0) is 0 Å². The summed E-state index contributed by atoms with van der Waals surface area (Å²) in [6.45, 7) is 5.28. The zero-order valence-electron chi connectivity index (χ0n) is 9.14. The topological polar surface area (TPSA) is 21.3 Å². The van der Waals surface area contributed by atoms with E-state index in [1.807, 2.05) is 0 Å². The molecule has 0 unspecified atom stereocenters. The molecular formula is C12H16INO. The van der Waals surface area contributed by atoms with E-state index in [0.29, 0.717) is 0 Å². The summed E-state index contributed by atoms with van der Waals surface area (Å²) < 4.78 is 7.35. The molecule has 0 amide bonds. The van der Waals surface area contributed by atoms with E-state index in [2.05, 4.69) is 60.0 Å². The fourth-order valence-electron chi connectivity index (χ4n) is 1.90. The lowest BCUT2D eigenvalue weighted by atomic mass is 9.95. The van der Waals surface area contributed by atoms with Gasteiger partial charge in [-0.3, -0.25) is 0 Å². The van der Waals surface area contributed by atoms with Crippen LogP contribution in [0, 0.1) is 3.57 Å². The van der Waals surface area contributed by atoms with Crippen molar-refractivity contribution in [3.05, 3.63) is 21.8 Å². The van der Waals surface area contributed by atoms with Gasteiger partial charge in [0, 0.05) is 3.57 Å². The Morgan fingerprint density at radius 2 is 2.13 bits per heavy atom. The number of halogens is 1. The average Bonchev–Trinajstić information content (AvgIpc) is 2.28. The second-order valence-electron chi connectivity index (χ2n) is 3.99. The molecule has 0 saturated carbocycles. The van der Waals surface area contributed by atoms with Gasteiger partial charge in [0.05, 0.1) is 12.2 Å². The second kappa shape index (κ2) is 4.20. The molecule has 1 aliphatic heterocycles. The summed E-state index contributed by atoms with van der Waals surface area (Å²) in [6.07, 6.45) is 2.09. The van der Waals surface area contributed by atoms with Crippen molar-refractivity contribution in [1.29, 1.82) is 0 Å². The lowest BCUT2D eigenvalue weighted by Crippen LogP contribution is -2.44. The summed E-state index contributed by atoms with van der Waals surface area (Å²) in [7, 11) is 0. The molecule has 1 heterocycles. The van der Waals surface area contributed by atoms with E-state index in [4.69, 9.17) is 4.74 Å². The zero-order valence-corrected chi connectivity index (χ0v) is 11.3. The second-order valence-corrected chi connectivity index (χ2v) is 5.23. The Hall–Kier alpha value is -0.450. The van der Waals surface area contributed by atoms with Gasteiger partial charge in [-0.1, -0.05) is 13.8 Å². The molecule has 0 atom stereocenters. The molecule has 1 N–H and O–H groups in total. The summed E-state index contributed by atoms with van der Waals surface area (Å²) >= 11 is 2.31. The number of nitrogens with one attached hydrogen (secondary N) is 1. The van der Waals surface area contributed by atoms with E-state index < -0.39 is 0 Å². The van der Waals surface area contributed by atoms with Gasteiger partial charge in [0.2, 0.25) is 0 Å². The largest absolute Gasteiger partial charge is 0.483 e. The maximum Gasteiger partial charge on any atom is 0.144 e. The SMILES string of the molecule is CCC1(CC)CNc2ccc(I)cc2O1. The van der Waals surface area contributed by atoms with Crippen LogP contribution in [0.15, 0.2) is 18.2 Å². The predicted octanol–water partition coefficient (Wildman–Crippen LogP) is 3.65. The van der Waals surface area contributed by atoms with Crippen molar-refractivity contribution in [2.75, 3.05) is 11.9 Å². The minimum absolute atomic E-state index is 0.0164. The van der Waals surface area contributed by atoms with E-state index in [1.165, 1.54) is 3.57 Å². The van der Waals surface area contributed by atoms with E-state index in [9.17, 15) is 0 Å². The Morgan fingerprint density at radius 1 is 1.40 bits per heavy atom. The highest BCUT2D eigenvalue weighted by atomic mass is 127. The molecule has 82 valence electrons. The van der Waals surface area contributed by atoms with E-state index in [-0.39, 0.29) is 5.60 Å². The van der Waals surface area contributed by atoms with Gasteiger partial charge in [-0.2, -0.15) is 0 Å². The van der Waals surface area contributed by atoms with Crippen LogP contribution in [0.3, 0.4) is 0 Å². The Kier molecular flexibility index (Phi) is 3.09. The molecule has 0 aromatic heterocycles. The van der Waals surface area contributed by atoms with Crippen LogP contribution in [0.25, 0.3) is 0 Å². The molecule has 2 rings (SSSR count). The van der Waals surface area contributed by atoms with Crippen LogP contribution in [0.5, 0.6) is 5.75 Å². The summed E-state index contributed by atoms with van der Waals surface area (Å²) in [6, 6.07) is 6.29. The van der Waals surface area contributed by atoms with E-state index in [0.717, 1.165) is 30.8 Å². The first-order valence-corrected chi connectivity index (χ1v) is 6.49. The molecule has 2 nitrogen and oxygen atoms in total. The molecule has 1 aromatic rings. The van der Waals surface area contributed by atoms with E-state index in [1.54, 1.807) is 0 Å². The summed E-state index contributed by atoms with van der Waals surface area (Å²) in [5, 5.41) is 3.45. The molecule has 3 heteroatoms. The Bertz CT molecular complexity index is 361. The van der Waals surface area contributed by atoms with Crippen molar-refractivity contribution in [1.82, 2.24) is 0 Å². The van der Waals surface area contributed by atoms with Gasteiger partial charge in [0.1, 0.15) is 11.4 Å². The number of benzene rings is 1. The van der Waals surface area contributed by atoms with Gasteiger partial charge in [0.25, 0.3) is 0 Å². The number of ether oxygens (including phenoxy) is 1. The van der Waals surface area contributed by atoms with Gasteiger partial charge >= 0.3 is 0 Å². The predicted molar refractivity (Wildman–Crippen MR) is 71.6 cm³/mol. The lowest BCUT2D eigenvalue weighted by molar-refractivity contribution is 0.0670. The molecule has 0 radical (unpaired) electrons. The van der Waals surface area contributed by atoms with Crippen molar-refractivity contribution in [3.8, 4) is 5.75 Å². The van der Waals surface area contributed by atoms with Crippen LogP contribution >= 0.6 is 22.6 Å². The quantitative estimate of drug-likeness (QED) is 0.841. The number of anilines is 1. The molecule has 1 aliphatic rings. The number of hydrogen-bond acceptors (Lipinski definition) is 2. The van der Waals surface area contributed by atoms with Gasteiger partial charge in [-0.05, 0) is 53.6 Å². The summed E-state index contributed by atoms with van der Waals surface area (Å²) in [5.41, 5.74) is 1.10. The third-order valence-corrected chi connectivity index (χ3v) is 3.83. The highest BCUT2D eigenvalue weighted by molar-refractivity contribution is 14.1. The molecule has 0 aliphatic carbocycles. The standard InChI is InChI=1S/C12H16INO/c1-3-12(4-2)8-14-10-6-5-9(13)7-11(10)15-12/h5-7,14H,3-4,8H2,1-2H3. The van der Waals surface area contributed by atoms with Crippen molar-refractivity contribution in [2.24, 2.45) is 0 Å². The molecule has 0 fully saturated rings. The Labute approximate surface area is 105 Å². The van der Waals surface area contributed by atoms with E-state index >= 15 is 0 Å². The third-order valence-electron chi connectivity index (χ3n) is 3.16. The molecule has 0 spiro atoms. The summed E-state index contributed by atoms with van der Waals surface area (Å²) in [5.74, 6) is 0.997. The number of fused-ring (bicyclic) bond motifs is 1. The zero-order chi connectivity index (χ0) is 10.9. The molecule has 1 aromatic carbocycles. The third kappa shape index (κ3) is 2.07. The normalized spacial score (nSPS) is 17.5. The minimum Gasteiger partial charge on any atom is -0.483 e. The fourth-order valence-corrected chi connectivity index (χ4v) is 2.36. The molecule has 0 saturated heterocycles. The monoisotopic (exact) mass is 317 g/mol. The van der Waals surface area contributed by atoms with Crippen LogP contribution in [-0.4, -0.2) is 12.1 Å². The van der Waals surface area contributed by atoms with Gasteiger partial charge in [0.15, 0.2) is 0 Å². The average molecular weight is 317 g/mol. The first kappa shape index (κ1) is 11.0. The van der Waals surface area contributed by atoms with Crippen molar-refractivity contribution in [3.63, 3.8) is 0 Å². The van der Waals surface area contributed by atoms with Crippen molar-refractivity contribution < 1.29 is 4.74 Å². The van der Waals surface area contributed by atoms with Crippen LogP contribution in [0.4, 0.5) is 5.69 Å². The Morgan fingerprint density at radius 3 is 2.80 bits per heavy atom. The highest BCUT2D eigenvalue weighted by Crippen LogP contribution is 2.36. The van der Waals surface area contributed by atoms with Crippen LogP contribution in [0.1, 0.15) is 26.7 Å². The lowest BCUT2D eigenvalue weighted by Gasteiger charge is -2.38. The number of rotatable bonds is 2. The molecule has 0 bridgehead atoms. The Balaban J connectivity index is 2.32. The van der Waals surface area contributed by atoms with Crippen LogP contribution < -0.4 is 10.1 Å². The first-order chi connectivity index (χ1) is 7.19. The molecular weight excluding hydrogens is 301 g/mol. The number of hydrogen-bond donors (Lipinski definition) is 1. The van der Waals surface area contributed by atoms with Crippen molar-refractivity contribution in [2.45, 2.75) is 32.3 Å².